The highest BCUT2D eigenvalue weighted by Crippen LogP contribution is 2.33. The van der Waals surface area contributed by atoms with Crippen molar-refractivity contribution in [3.63, 3.8) is 0 Å². The van der Waals surface area contributed by atoms with Gasteiger partial charge in [0.15, 0.2) is 17.3 Å². The molecule has 0 unspecified atom stereocenters. The molecule has 6 nitrogen and oxygen atoms in total. The number of phenols is 2. The lowest BCUT2D eigenvalue weighted by Crippen LogP contribution is -2.01. The van der Waals surface area contributed by atoms with Gasteiger partial charge in [0.1, 0.15) is 5.75 Å². The summed E-state index contributed by atoms with van der Waals surface area (Å²) in [6.07, 6.45) is 1.70. The predicted molar refractivity (Wildman–Crippen MR) is 102 cm³/mol. The molecule has 4 aromatic rings. The zero-order valence-electron chi connectivity index (χ0n) is 14.6. The van der Waals surface area contributed by atoms with Gasteiger partial charge < -0.3 is 14.9 Å². The molecule has 0 aliphatic rings. The number of benzene rings is 2. The lowest BCUT2D eigenvalue weighted by atomic mass is 10.1. The molecule has 0 aliphatic heterocycles. The molecule has 4 rings (SSSR count). The van der Waals surface area contributed by atoms with Gasteiger partial charge in [0, 0.05) is 17.3 Å². The maximum absolute atomic E-state index is 9.90. The van der Waals surface area contributed by atoms with Crippen molar-refractivity contribution in [2.75, 3.05) is 7.11 Å². The van der Waals surface area contributed by atoms with Crippen LogP contribution in [0.15, 0.2) is 72.9 Å². The van der Waals surface area contributed by atoms with Gasteiger partial charge in [-0.1, -0.05) is 6.07 Å². The first-order valence-electron chi connectivity index (χ1n) is 8.34. The SMILES string of the molecule is COc1ccc(-c2cc(-c3ccc(O)c(O)c3)n(-c3ccccn3)n2)cc1. The summed E-state index contributed by atoms with van der Waals surface area (Å²) in [5, 5.41) is 24.2. The molecule has 0 radical (unpaired) electrons. The fraction of sp³-hybridized carbons (Fsp3) is 0.0476. The largest absolute Gasteiger partial charge is 0.504 e. The van der Waals surface area contributed by atoms with Gasteiger partial charge in [0.2, 0.25) is 0 Å². The minimum atomic E-state index is -0.188. The lowest BCUT2D eigenvalue weighted by molar-refractivity contribution is 0.404. The average Bonchev–Trinajstić information content (AvgIpc) is 3.16. The molecule has 2 aromatic carbocycles. The quantitative estimate of drug-likeness (QED) is 0.538. The molecule has 6 heteroatoms. The van der Waals surface area contributed by atoms with Crippen LogP contribution in [0.25, 0.3) is 28.3 Å². The minimum Gasteiger partial charge on any atom is -0.504 e. The first-order chi connectivity index (χ1) is 13.2. The monoisotopic (exact) mass is 359 g/mol. The van der Waals surface area contributed by atoms with Crippen LogP contribution in [-0.2, 0) is 0 Å². The Morgan fingerprint density at radius 3 is 2.30 bits per heavy atom. The number of rotatable bonds is 4. The third-order valence-electron chi connectivity index (χ3n) is 4.23. The van der Waals surface area contributed by atoms with E-state index in [1.54, 1.807) is 24.1 Å². The predicted octanol–water partition coefficient (Wildman–Crippen LogP) is 4.02. The van der Waals surface area contributed by atoms with E-state index in [1.165, 1.54) is 12.1 Å². The standard InChI is InChI=1S/C21H17N3O3/c1-27-16-8-5-14(6-9-16)17-13-18(15-7-10-19(25)20(26)12-15)24(23-17)21-4-2-3-11-22-21/h2-13,25-26H,1H3. The van der Waals surface area contributed by atoms with Crippen LogP contribution in [-0.4, -0.2) is 32.1 Å². The van der Waals surface area contributed by atoms with Crippen LogP contribution in [0.5, 0.6) is 17.2 Å². The summed E-state index contributed by atoms with van der Waals surface area (Å²) in [5.74, 6) is 1.07. The third kappa shape index (κ3) is 3.20. The fourth-order valence-corrected chi connectivity index (χ4v) is 2.83. The zero-order valence-corrected chi connectivity index (χ0v) is 14.6. The van der Waals surface area contributed by atoms with Gasteiger partial charge in [-0.15, -0.1) is 0 Å². The molecule has 0 amide bonds. The molecule has 0 saturated carbocycles. The second-order valence-electron chi connectivity index (χ2n) is 5.95. The van der Waals surface area contributed by atoms with Gasteiger partial charge in [-0.3, -0.25) is 0 Å². The zero-order chi connectivity index (χ0) is 18.8. The highest BCUT2D eigenvalue weighted by molar-refractivity contribution is 5.72. The van der Waals surface area contributed by atoms with Crippen LogP contribution in [0.2, 0.25) is 0 Å². The summed E-state index contributed by atoms with van der Waals surface area (Å²) in [5.41, 5.74) is 3.14. The van der Waals surface area contributed by atoms with Crippen LogP contribution in [0, 0.1) is 0 Å². The van der Waals surface area contributed by atoms with Crippen molar-refractivity contribution < 1.29 is 14.9 Å². The Balaban J connectivity index is 1.87. The topological polar surface area (TPSA) is 80.4 Å². The number of hydrogen-bond acceptors (Lipinski definition) is 5. The maximum atomic E-state index is 9.90. The number of aromatic nitrogens is 3. The van der Waals surface area contributed by atoms with Gasteiger partial charge in [-0.2, -0.15) is 5.10 Å². The van der Waals surface area contributed by atoms with E-state index < -0.39 is 0 Å². The number of methoxy groups -OCH3 is 1. The molecule has 0 aliphatic carbocycles. The number of pyridine rings is 1. The molecule has 2 N–H and O–H groups in total. The van der Waals surface area contributed by atoms with Crippen LogP contribution in [0.3, 0.4) is 0 Å². The fourth-order valence-electron chi connectivity index (χ4n) is 2.83. The minimum absolute atomic E-state index is 0.168. The van der Waals surface area contributed by atoms with Crippen LogP contribution < -0.4 is 4.74 Å². The maximum Gasteiger partial charge on any atom is 0.158 e. The molecule has 0 bridgehead atoms. The van der Waals surface area contributed by atoms with Crippen molar-refractivity contribution in [1.29, 1.82) is 0 Å². The summed E-state index contributed by atoms with van der Waals surface area (Å²) in [6.45, 7) is 0. The number of aromatic hydroxyl groups is 2. The normalized spacial score (nSPS) is 10.7. The Kier molecular flexibility index (Phi) is 4.22. The molecular formula is C21H17N3O3. The van der Waals surface area contributed by atoms with Crippen LogP contribution in [0.4, 0.5) is 0 Å². The van der Waals surface area contributed by atoms with Gasteiger partial charge in [-0.25, -0.2) is 9.67 Å². The summed E-state index contributed by atoms with van der Waals surface area (Å²) in [4.78, 5) is 4.38. The lowest BCUT2D eigenvalue weighted by Gasteiger charge is -2.07. The van der Waals surface area contributed by atoms with E-state index in [0.717, 1.165) is 22.7 Å². The molecule has 27 heavy (non-hydrogen) atoms. The van der Waals surface area contributed by atoms with E-state index in [-0.39, 0.29) is 11.5 Å². The van der Waals surface area contributed by atoms with Crippen molar-refractivity contribution >= 4 is 0 Å². The molecule has 2 heterocycles. The van der Waals surface area contributed by atoms with Gasteiger partial charge in [0.05, 0.1) is 18.5 Å². The number of phenolic OH excluding ortho intramolecular Hbond substituents is 2. The second kappa shape index (κ2) is 6.84. The summed E-state index contributed by atoms with van der Waals surface area (Å²) in [6, 6.07) is 19.8. The van der Waals surface area contributed by atoms with E-state index in [0.29, 0.717) is 11.4 Å². The highest BCUT2D eigenvalue weighted by atomic mass is 16.5. The Morgan fingerprint density at radius 1 is 0.852 bits per heavy atom. The molecule has 0 fully saturated rings. The molecule has 0 atom stereocenters. The first kappa shape index (κ1) is 16.7. The first-order valence-corrected chi connectivity index (χ1v) is 8.34. The van der Waals surface area contributed by atoms with Crippen LogP contribution in [0.1, 0.15) is 0 Å². The Labute approximate surface area is 155 Å². The molecule has 2 aromatic heterocycles. The smallest absolute Gasteiger partial charge is 0.158 e. The highest BCUT2D eigenvalue weighted by Gasteiger charge is 2.15. The summed E-state index contributed by atoms with van der Waals surface area (Å²) in [7, 11) is 1.63. The summed E-state index contributed by atoms with van der Waals surface area (Å²) >= 11 is 0. The van der Waals surface area contributed by atoms with E-state index in [1.807, 2.05) is 48.5 Å². The van der Waals surface area contributed by atoms with Gasteiger partial charge >= 0.3 is 0 Å². The Hall–Kier alpha value is -3.80. The van der Waals surface area contributed by atoms with E-state index in [9.17, 15) is 10.2 Å². The van der Waals surface area contributed by atoms with E-state index >= 15 is 0 Å². The van der Waals surface area contributed by atoms with Crippen molar-refractivity contribution in [1.82, 2.24) is 14.8 Å². The number of hydrogen-bond donors (Lipinski definition) is 2. The van der Waals surface area contributed by atoms with Crippen molar-refractivity contribution in [2.24, 2.45) is 0 Å². The van der Waals surface area contributed by atoms with E-state index in [4.69, 9.17) is 9.84 Å². The Bertz CT molecular complexity index is 1070. The second-order valence-corrected chi connectivity index (χ2v) is 5.95. The number of nitrogens with zero attached hydrogens (tertiary/aromatic N) is 3. The van der Waals surface area contributed by atoms with Gasteiger partial charge in [-0.05, 0) is 60.7 Å². The summed E-state index contributed by atoms with van der Waals surface area (Å²) < 4.78 is 6.92. The van der Waals surface area contributed by atoms with E-state index in [2.05, 4.69) is 4.98 Å². The van der Waals surface area contributed by atoms with Crippen molar-refractivity contribution in [2.45, 2.75) is 0 Å². The average molecular weight is 359 g/mol. The number of ether oxygens (including phenoxy) is 1. The van der Waals surface area contributed by atoms with Gasteiger partial charge in [0.25, 0.3) is 0 Å². The van der Waals surface area contributed by atoms with Crippen molar-refractivity contribution in [3.8, 4) is 45.6 Å². The Morgan fingerprint density at radius 2 is 1.63 bits per heavy atom. The van der Waals surface area contributed by atoms with Crippen LogP contribution >= 0.6 is 0 Å². The molecule has 134 valence electrons. The molecular weight excluding hydrogens is 342 g/mol. The third-order valence-corrected chi connectivity index (χ3v) is 4.23. The van der Waals surface area contributed by atoms with Crippen molar-refractivity contribution in [3.05, 3.63) is 72.9 Å². The molecule has 0 spiro atoms. The molecule has 0 saturated heterocycles.